The van der Waals surface area contributed by atoms with E-state index in [4.69, 9.17) is 21.1 Å². The van der Waals surface area contributed by atoms with Crippen LogP contribution in [0.1, 0.15) is 12.8 Å². The number of thioether (sulfide) groups is 1. The lowest BCUT2D eigenvalue weighted by molar-refractivity contribution is 0.355. The Morgan fingerprint density at radius 1 is 1.28 bits per heavy atom. The van der Waals surface area contributed by atoms with Gasteiger partial charge in [0.2, 0.25) is 0 Å². The monoisotopic (exact) mass is 287 g/mol. The summed E-state index contributed by atoms with van der Waals surface area (Å²) in [6, 6.07) is 4.18. The minimum Gasteiger partial charge on any atom is -0.493 e. The van der Waals surface area contributed by atoms with Crippen LogP contribution in [0.3, 0.4) is 0 Å². The zero-order valence-corrected chi connectivity index (χ0v) is 12.2. The highest BCUT2D eigenvalue weighted by Gasteiger charge is 2.16. The van der Waals surface area contributed by atoms with Gasteiger partial charge >= 0.3 is 0 Å². The Labute approximate surface area is 117 Å². The summed E-state index contributed by atoms with van der Waals surface area (Å²) in [6.45, 7) is 0. The minimum absolute atomic E-state index is 0.486. The van der Waals surface area contributed by atoms with Crippen molar-refractivity contribution >= 4 is 29.1 Å². The average Bonchev–Trinajstić information content (AvgIpc) is 2.41. The number of benzene rings is 1. The van der Waals surface area contributed by atoms with E-state index in [2.05, 4.69) is 5.32 Å². The molecule has 5 heteroatoms. The van der Waals surface area contributed by atoms with E-state index in [1.165, 1.54) is 18.6 Å². The smallest absolute Gasteiger partial charge is 0.162 e. The van der Waals surface area contributed by atoms with Gasteiger partial charge in [-0.2, -0.15) is 11.8 Å². The van der Waals surface area contributed by atoms with E-state index in [-0.39, 0.29) is 0 Å². The molecule has 1 fully saturated rings. The van der Waals surface area contributed by atoms with E-state index in [9.17, 15) is 0 Å². The number of hydrogen-bond donors (Lipinski definition) is 1. The molecule has 1 aliphatic rings. The van der Waals surface area contributed by atoms with Crippen LogP contribution in [0.5, 0.6) is 11.5 Å². The summed E-state index contributed by atoms with van der Waals surface area (Å²) in [5.41, 5.74) is 0.918. The van der Waals surface area contributed by atoms with Gasteiger partial charge in [-0.3, -0.25) is 0 Å². The molecule has 1 unspecified atom stereocenters. The quantitative estimate of drug-likeness (QED) is 0.915. The molecule has 1 saturated heterocycles. The van der Waals surface area contributed by atoms with Crippen LogP contribution < -0.4 is 14.8 Å². The highest BCUT2D eigenvalue weighted by atomic mass is 35.5. The first-order chi connectivity index (χ1) is 8.74. The standard InChI is InChI=1S/C13H18ClNO2S/c1-16-12-6-10(14)11(7-13(12)17-2)15-9-4-3-5-18-8-9/h6-7,9,15H,3-5,8H2,1-2H3. The number of ether oxygens (including phenoxy) is 2. The molecule has 18 heavy (non-hydrogen) atoms. The highest BCUT2D eigenvalue weighted by Crippen LogP contribution is 2.37. The van der Waals surface area contributed by atoms with Crippen molar-refractivity contribution in [3.63, 3.8) is 0 Å². The molecule has 0 bridgehead atoms. The summed E-state index contributed by atoms with van der Waals surface area (Å²) >= 11 is 8.24. The van der Waals surface area contributed by atoms with Crippen LogP contribution in [0.4, 0.5) is 5.69 Å². The van der Waals surface area contributed by atoms with Crippen molar-refractivity contribution in [2.75, 3.05) is 31.0 Å². The molecule has 1 heterocycles. The van der Waals surface area contributed by atoms with Crippen LogP contribution in [-0.4, -0.2) is 31.8 Å². The second-order valence-electron chi connectivity index (χ2n) is 4.25. The van der Waals surface area contributed by atoms with E-state index < -0.39 is 0 Å². The van der Waals surface area contributed by atoms with Gasteiger partial charge in [-0.15, -0.1) is 0 Å². The molecule has 0 aromatic heterocycles. The third-order valence-electron chi connectivity index (χ3n) is 2.99. The van der Waals surface area contributed by atoms with Crippen LogP contribution in [0, 0.1) is 0 Å². The van der Waals surface area contributed by atoms with Crippen molar-refractivity contribution in [2.45, 2.75) is 18.9 Å². The number of hydrogen-bond acceptors (Lipinski definition) is 4. The molecule has 2 rings (SSSR count). The SMILES string of the molecule is COc1cc(Cl)c(NC2CCCSC2)cc1OC. The number of methoxy groups -OCH3 is 2. The van der Waals surface area contributed by atoms with E-state index in [1.807, 2.05) is 17.8 Å². The molecule has 0 spiro atoms. The van der Waals surface area contributed by atoms with Crippen molar-refractivity contribution in [2.24, 2.45) is 0 Å². The maximum absolute atomic E-state index is 6.25. The predicted molar refractivity (Wildman–Crippen MR) is 78.5 cm³/mol. The first-order valence-corrected chi connectivity index (χ1v) is 7.53. The van der Waals surface area contributed by atoms with Crippen molar-refractivity contribution in [3.05, 3.63) is 17.2 Å². The highest BCUT2D eigenvalue weighted by molar-refractivity contribution is 7.99. The predicted octanol–water partition coefficient (Wildman–Crippen LogP) is 3.66. The van der Waals surface area contributed by atoms with Gasteiger partial charge in [0, 0.05) is 23.9 Å². The molecule has 100 valence electrons. The third kappa shape index (κ3) is 3.18. The molecular formula is C13H18ClNO2S. The molecule has 1 aromatic carbocycles. The van der Waals surface area contributed by atoms with E-state index >= 15 is 0 Å². The van der Waals surface area contributed by atoms with Gasteiger partial charge in [0.1, 0.15) is 0 Å². The van der Waals surface area contributed by atoms with Gasteiger partial charge in [0.05, 0.1) is 24.9 Å². The number of anilines is 1. The molecule has 1 atom stereocenters. The van der Waals surface area contributed by atoms with E-state index in [0.717, 1.165) is 11.4 Å². The third-order valence-corrected chi connectivity index (χ3v) is 4.52. The summed E-state index contributed by atoms with van der Waals surface area (Å²) < 4.78 is 10.5. The van der Waals surface area contributed by atoms with Crippen molar-refractivity contribution in [1.82, 2.24) is 0 Å². The molecule has 0 radical (unpaired) electrons. The van der Waals surface area contributed by atoms with Crippen molar-refractivity contribution in [3.8, 4) is 11.5 Å². The molecule has 1 aliphatic heterocycles. The first-order valence-electron chi connectivity index (χ1n) is 6.00. The lowest BCUT2D eigenvalue weighted by Gasteiger charge is -2.24. The Morgan fingerprint density at radius 3 is 2.61 bits per heavy atom. The van der Waals surface area contributed by atoms with Gasteiger partial charge in [-0.25, -0.2) is 0 Å². The Bertz CT molecular complexity index is 408. The summed E-state index contributed by atoms with van der Waals surface area (Å²) in [5.74, 6) is 3.75. The maximum atomic E-state index is 6.25. The molecule has 0 aliphatic carbocycles. The first kappa shape index (κ1) is 13.7. The Balaban J connectivity index is 2.16. The number of rotatable bonds is 4. The zero-order valence-electron chi connectivity index (χ0n) is 10.7. The molecule has 3 nitrogen and oxygen atoms in total. The molecule has 0 saturated carbocycles. The van der Waals surface area contributed by atoms with Crippen LogP contribution >= 0.6 is 23.4 Å². The minimum atomic E-state index is 0.486. The fourth-order valence-corrected chi connectivity index (χ4v) is 3.32. The van der Waals surface area contributed by atoms with Gasteiger partial charge in [0.25, 0.3) is 0 Å². The van der Waals surface area contributed by atoms with Gasteiger partial charge in [-0.1, -0.05) is 11.6 Å². The number of nitrogens with one attached hydrogen (secondary N) is 1. The largest absolute Gasteiger partial charge is 0.493 e. The zero-order chi connectivity index (χ0) is 13.0. The van der Waals surface area contributed by atoms with Crippen LogP contribution in [0.25, 0.3) is 0 Å². The average molecular weight is 288 g/mol. The van der Waals surface area contributed by atoms with Gasteiger partial charge in [-0.05, 0) is 18.6 Å². The van der Waals surface area contributed by atoms with Crippen molar-refractivity contribution < 1.29 is 9.47 Å². The van der Waals surface area contributed by atoms with E-state index in [0.29, 0.717) is 22.6 Å². The normalized spacial score (nSPS) is 19.4. The summed E-state index contributed by atoms with van der Waals surface area (Å²) in [4.78, 5) is 0. The summed E-state index contributed by atoms with van der Waals surface area (Å²) in [6.07, 6.45) is 2.45. The van der Waals surface area contributed by atoms with Crippen LogP contribution in [0.15, 0.2) is 12.1 Å². The molecular weight excluding hydrogens is 270 g/mol. The van der Waals surface area contributed by atoms with Gasteiger partial charge < -0.3 is 14.8 Å². The van der Waals surface area contributed by atoms with Crippen molar-refractivity contribution in [1.29, 1.82) is 0 Å². The van der Waals surface area contributed by atoms with E-state index in [1.54, 1.807) is 20.3 Å². The Kier molecular flexibility index (Phi) is 4.89. The van der Waals surface area contributed by atoms with Crippen LogP contribution in [-0.2, 0) is 0 Å². The lowest BCUT2D eigenvalue weighted by atomic mass is 10.1. The molecule has 1 N–H and O–H groups in total. The maximum Gasteiger partial charge on any atom is 0.162 e. The lowest BCUT2D eigenvalue weighted by Crippen LogP contribution is -2.25. The Hall–Kier alpha value is -0.740. The topological polar surface area (TPSA) is 30.5 Å². The van der Waals surface area contributed by atoms with Gasteiger partial charge in [0.15, 0.2) is 11.5 Å². The fraction of sp³-hybridized carbons (Fsp3) is 0.538. The van der Waals surface area contributed by atoms with Crippen LogP contribution in [0.2, 0.25) is 5.02 Å². The second kappa shape index (κ2) is 6.43. The summed E-state index contributed by atoms with van der Waals surface area (Å²) in [5, 5.41) is 4.16. The molecule has 0 amide bonds. The fourth-order valence-electron chi connectivity index (χ4n) is 2.04. The Morgan fingerprint density at radius 2 is 2.00 bits per heavy atom. The summed E-state index contributed by atoms with van der Waals surface area (Å²) in [7, 11) is 3.24. The number of halogens is 1. The second-order valence-corrected chi connectivity index (χ2v) is 5.80. The molecule has 1 aromatic rings.